The van der Waals surface area contributed by atoms with Crippen LogP contribution in [0.25, 0.3) is 0 Å². The molecule has 0 bridgehead atoms. The first-order chi connectivity index (χ1) is 8.36. The zero-order valence-electron chi connectivity index (χ0n) is 11.0. The van der Waals surface area contributed by atoms with E-state index in [0.717, 1.165) is 12.2 Å². The van der Waals surface area contributed by atoms with E-state index in [2.05, 4.69) is 37.3 Å². The van der Waals surface area contributed by atoms with Crippen LogP contribution in [0.1, 0.15) is 32.8 Å². The van der Waals surface area contributed by atoms with Gasteiger partial charge in [0.05, 0.1) is 5.76 Å². The lowest BCUT2D eigenvalue weighted by Gasteiger charge is -2.18. The Bertz CT molecular complexity index is 362. The van der Waals surface area contributed by atoms with Crippen LogP contribution < -0.4 is 0 Å². The molecule has 0 aliphatic heterocycles. The Morgan fingerprint density at radius 2 is 1.88 bits per heavy atom. The topological polar surface area (TPSA) is 9.23 Å². The third-order valence-corrected chi connectivity index (χ3v) is 2.62. The van der Waals surface area contributed by atoms with Crippen LogP contribution in [-0.4, -0.2) is 0 Å². The molecule has 0 saturated heterocycles. The van der Waals surface area contributed by atoms with Crippen LogP contribution in [0.4, 0.5) is 0 Å². The van der Waals surface area contributed by atoms with Gasteiger partial charge in [0, 0.05) is 5.92 Å². The maximum Gasteiger partial charge on any atom is 0.113 e. The molecule has 0 aromatic heterocycles. The van der Waals surface area contributed by atoms with Crippen LogP contribution in [0.15, 0.2) is 54.3 Å². The molecule has 0 N–H and O–H groups in total. The fraction of sp³-hybridized carbons (Fsp3) is 0.375. The monoisotopic (exact) mass is 230 g/mol. The van der Waals surface area contributed by atoms with Crippen molar-refractivity contribution < 1.29 is 4.74 Å². The van der Waals surface area contributed by atoms with E-state index in [1.54, 1.807) is 0 Å². The van der Waals surface area contributed by atoms with Crippen LogP contribution in [0.3, 0.4) is 0 Å². The Morgan fingerprint density at radius 1 is 1.18 bits per heavy atom. The summed E-state index contributed by atoms with van der Waals surface area (Å²) in [5.74, 6) is 1.61. The smallest absolute Gasteiger partial charge is 0.113 e. The highest BCUT2D eigenvalue weighted by molar-refractivity contribution is 5.17. The van der Waals surface area contributed by atoms with Crippen LogP contribution in [0.5, 0.6) is 0 Å². The minimum Gasteiger partial charge on any atom is -0.493 e. The molecule has 1 aliphatic carbocycles. The highest BCUT2D eigenvalue weighted by Gasteiger charge is 2.10. The molecule has 1 unspecified atom stereocenters. The van der Waals surface area contributed by atoms with Crippen molar-refractivity contribution in [2.45, 2.75) is 33.8 Å². The zero-order chi connectivity index (χ0) is 12.5. The molecule has 0 fully saturated rings. The summed E-state index contributed by atoms with van der Waals surface area (Å²) in [6, 6.07) is 10.3. The molecule has 0 heterocycles. The molecule has 1 nitrogen and oxygen atoms in total. The molecular weight excluding hydrogens is 208 g/mol. The van der Waals surface area contributed by atoms with Gasteiger partial charge in [0.1, 0.15) is 6.61 Å². The van der Waals surface area contributed by atoms with Gasteiger partial charge in [0.2, 0.25) is 0 Å². The molecule has 0 saturated carbocycles. The van der Waals surface area contributed by atoms with E-state index in [1.807, 2.05) is 32.0 Å². The van der Waals surface area contributed by atoms with Gasteiger partial charge in [-0.15, -0.1) is 0 Å². The Labute approximate surface area is 105 Å². The molecule has 92 valence electrons. The Kier molecular flexibility index (Phi) is 6.16. The van der Waals surface area contributed by atoms with Gasteiger partial charge in [-0.2, -0.15) is 0 Å². The molecule has 1 aromatic rings. The highest BCUT2D eigenvalue weighted by atomic mass is 16.5. The predicted molar refractivity (Wildman–Crippen MR) is 73.6 cm³/mol. The van der Waals surface area contributed by atoms with E-state index in [-0.39, 0.29) is 0 Å². The van der Waals surface area contributed by atoms with Crippen molar-refractivity contribution >= 4 is 0 Å². The highest BCUT2D eigenvalue weighted by Crippen LogP contribution is 2.21. The molecule has 1 aliphatic rings. The lowest BCUT2D eigenvalue weighted by atomic mass is 10.0. The molecule has 0 amide bonds. The maximum atomic E-state index is 5.79. The number of allylic oxidation sites excluding steroid dienone is 4. The van der Waals surface area contributed by atoms with Gasteiger partial charge in [0.25, 0.3) is 0 Å². The van der Waals surface area contributed by atoms with Crippen molar-refractivity contribution in [2.75, 3.05) is 0 Å². The molecular formula is C16H22O. The van der Waals surface area contributed by atoms with Crippen molar-refractivity contribution in [2.24, 2.45) is 5.92 Å². The molecule has 2 rings (SSSR count). The van der Waals surface area contributed by atoms with Gasteiger partial charge in [-0.1, -0.05) is 63.3 Å². The quantitative estimate of drug-likeness (QED) is 0.730. The summed E-state index contributed by atoms with van der Waals surface area (Å²) in [6.07, 6.45) is 7.40. The normalized spacial score (nSPS) is 17.8. The molecule has 0 spiro atoms. The first kappa shape index (κ1) is 13.6. The molecule has 1 heteroatoms. The van der Waals surface area contributed by atoms with E-state index < -0.39 is 0 Å². The van der Waals surface area contributed by atoms with Crippen LogP contribution >= 0.6 is 0 Å². The number of hydrogen-bond acceptors (Lipinski definition) is 1. The average Bonchev–Trinajstić information content (AvgIpc) is 2.41. The minimum atomic E-state index is 0.513. The second-order valence-corrected chi connectivity index (χ2v) is 3.91. The average molecular weight is 230 g/mol. The van der Waals surface area contributed by atoms with Crippen molar-refractivity contribution in [3.63, 3.8) is 0 Å². The summed E-state index contributed by atoms with van der Waals surface area (Å²) in [4.78, 5) is 0. The van der Waals surface area contributed by atoms with Gasteiger partial charge in [-0.3, -0.25) is 0 Å². The summed E-state index contributed by atoms with van der Waals surface area (Å²) < 4.78 is 5.79. The maximum absolute atomic E-state index is 5.79. The van der Waals surface area contributed by atoms with Crippen LogP contribution in [0, 0.1) is 5.92 Å². The van der Waals surface area contributed by atoms with Crippen LogP contribution in [-0.2, 0) is 11.3 Å². The van der Waals surface area contributed by atoms with Gasteiger partial charge < -0.3 is 4.74 Å². The molecule has 1 aromatic carbocycles. The van der Waals surface area contributed by atoms with E-state index in [9.17, 15) is 0 Å². The minimum absolute atomic E-state index is 0.513. The number of hydrogen-bond donors (Lipinski definition) is 0. The SMILES string of the molecule is CC.CC1CC=CC=C1OCc1ccccc1. The van der Waals surface area contributed by atoms with Gasteiger partial charge in [-0.05, 0) is 18.1 Å². The number of ether oxygens (including phenoxy) is 1. The summed E-state index contributed by atoms with van der Waals surface area (Å²) in [5, 5.41) is 0. The molecule has 0 radical (unpaired) electrons. The lowest BCUT2D eigenvalue weighted by molar-refractivity contribution is 0.167. The summed E-state index contributed by atoms with van der Waals surface area (Å²) >= 11 is 0. The first-order valence-corrected chi connectivity index (χ1v) is 6.39. The first-order valence-electron chi connectivity index (χ1n) is 6.39. The number of benzene rings is 1. The molecule has 17 heavy (non-hydrogen) atoms. The van der Waals surface area contributed by atoms with Gasteiger partial charge in [0.15, 0.2) is 0 Å². The fourth-order valence-electron chi connectivity index (χ4n) is 1.66. The third kappa shape index (κ3) is 4.48. The zero-order valence-corrected chi connectivity index (χ0v) is 11.0. The second-order valence-electron chi connectivity index (χ2n) is 3.91. The van der Waals surface area contributed by atoms with Crippen molar-refractivity contribution in [1.82, 2.24) is 0 Å². The van der Waals surface area contributed by atoms with Crippen molar-refractivity contribution in [1.29, 1.82) is 0 Å². The summed E-state index contributed by atoms with van der Waals surface area (Å²) in [7, 11) is 0. The predicted octanol–water partition coefficient (Wildman–Crippen LogP) is 4.71. The Morgan fingerprint density at radius 3 is 2.53 bits per heavy atom. The van der Waals surface area contributed by atoms with Gasteiger partial charge in [-0.25, -0.2) is 0 Å². The number of rotatable bonds is 3. The standard InChI is InChI=1S/C14H16O.C2H6/c1-12-7-5-6-10-14(12)15-11-13-8-3-2-4-9-13;1-2/h2-6,8-10,12H,7,11H2,1H3;1-2H3. The lowest BCUT2D eigenvalue weighted by Crippen LogP contribution is -2.05. The van der Waals surface area contributed by atoms with Gasteiger partial charge >= 0.3 is 0 Å². The summed E-state index contributed by atoms with van der Waals surface area (Å²) in [5.41, 5.74) is 1.22. The van der Waals surface area contributed by atoms with E-state index in [4.69, 9.17) is 4.74 Å². The largest absolute Gasteiger partial charge is 0.493 e. The second kappa shape index (κ2) is 7.72. The van der Waals surface area contributed by atoms with E-state index >= 15 is 0 Å². The Hall–Kier alpha value is -1.50. The molecule has 1 atom stereocenters. The fourth-order valence-corrected chi connectivity index (χ4v) is 1.66. The Balaban J connectivity index is 0.000000686. The van der Waals surface area contributed by atoms with E-state index in [1.165, 1.54) is 5.56 Å². The van der Waals surface area contributed by atoms with Crippen molar-refractivity contribution in [3.05, 3.63) is 59.9 Å². The van der Waals surface area contributed by atoms with E-state index in [0.29, 0.717) is 12.5 Å². The van der Waals surface area contributed by atoms with Crippen LogP contribution in [0.2, 0.25) is 0 Å². The summed E-state index contributed by atoms with van der Waals surface area (Å²) in [6.45, 7) is 6.87. The third-order valence-electron chi connectivity index (χ3n) is 2.62. The van der Waals surface area contributed by atoms with Crippen molar-refractivity contribution in [3.8, 4) is 0 Å².